The Labute approximate surface area is 111 Å². The Balaban J connectivity index is 1.90. The van der Waals surface area contributed by atoms with E-state index < -0.39 is 0 Å². The number of halogens is 1. The van der Waals surface area contributed by atoms with E-state index in [0.717, 1.165) is 5.69 Å². The summed E-state index contributed by atoms with van der Waals surface area (Å²) in [5.41, 5.74) is 1.39. The van der Waals surface area contributed by atoms with E-state index in [1.54, 1.807) is 24.3 Å². The molecule has 1 N–H and O–H groups in total. The van der Waals surface area contributed by atoms with Crippen LogP contribution in [0.5, 0.6) is 0 Å². The number of carbonyl (C=O) groups is 1. The maximum atomic E-state index is 13.4. The van der Waals surface area contributed by atoms with Crippen molar-refractivity contribution >= 4 is 11.7 Å². The zero-order valence-corrected chi connectivity index (χ0v) is 10.7. The standard InChI is InChI=1S/C15H15FN2O/c1-11-5-4-8-14(17-11)18-15(19)10-9-12-6-2-3-7-13(12)16/h2-8H,9-10H2,1H3,(H,17,18,19). The molecule has 0 saturated heterocycles. The van der Waals surface area contributed by atoms with E-state index in [4.69, 9.17) is 0 Å². The van der Waals surface area contributed by atoms with Crippen LogP contribution in [0.15, 0.2) is 42.5 Å². The van der Waals surface area contributed by atoms with E-state index in [9.17, 15) is 9.18 Å². The molecule has 0 fully saturated rings. The van der Waals surface area contributed by atoms with Crippen molar-refractivity contribution in [1.82, 2.24) is 4.98 Å². The summed E-state index contributed by atoms with van der Waals surface area (Å²) in [5, 5.41) is 2.70. The van der Waals surface area contributed by atoms with Gasteiger partial charge in [-0.1, -0.05) is 24.3 Å². The summed E-state index contributed by atoms with van der Waals surface area (Å²) in [4.78, 5) is 15.9. The average molecular weight is 258 g/mol. The molecule has 0 aliphatic heterocycles. The molecule has 1 aromatic heterocycles. The Morgan fingerprint density at radius 3 is 2.74 bits per heavy atom. The van der Waals surface area contributed by atoms with Crippen molar-refractivity contribution in [3.8, 4) is 0 Å². The first-order valence-electron chi connectivity index (χ1n) is 6.12. The maximum absolute atomic E-state index is 13.4. The monoisotopic (exact) mass is 258 g/mol. The van der Waals surface area contributed by atoms with Crippen molar-refractivity contribution in [1.29, 1.82) is 0 Å². The van der Waals surface area contributed by atoms with Crippen LogP contribution in [0.4, 0.5) is 10.2 Å². The molecule has 0 radical (unpaired) electrons. The minimum Gasteiger partial charge on any atom is -0.311 e. The fraction of sp³-hybridized carbons (Fsp3) is 0.200. The summed E-state index contributed by atoms with van der Waals surface area (Å²) in [7, 11) is 0. The molecule has 1 heterocycles. The van der Waals surface area contributed by atoms with Gasteiger partial charge in [-0.05, 0) is 37.1 Å². The number of hydrogen-bond donors (Lipinski definition) is 1. The quantitative estimate of drug-likeness (QED) is 0.915. The van der Waals surface area contributed by atoms with Gasteiger partial charge in [-0.15, -0.1) is 0 Å². The number of anilines is 1. The fourth-order valence-corrected chi connectivity index (χ4v) is 1.77. The van der Waals surface area contributed by atoms with Crippen molar-refractivity contribution in [3.05, 3.63) is 59.5 Å². The minimum atomic E-state index is -0.274. The van der Waals surface area contributed by atoms with E-state index in [0.29, 0.717) is 17.8 Å². The van der Waals surface area contributed by atoms with Crippen molar-refractivity contribution in [3.63, 3.8) is 0 Å². The lowest BCUT2D eigenvalue weighted by Crippen LogP contribution is -2.13. The average Bonchev–Trinajstić information content (AvgIpc) is 2.38. The number of rotatable bonds is 4. The van der Waals surface area contributed by atoms with Gasteiger partial charge < -0.3 is 5.32 Å². The predicted octanol–water partition coefficient (Wildman–Crippen LogP) is 3.10. The molecule has 1 amide bonds. The highest BCUT2D eigenvalue weighted by molar-refractivity contribution is 5.89. The molecule has 2 rings (SSSR count). The SMILES string of the molecule is Cc1cccc(NC(=O)CCc2ccccc2F)n1. The first-order chi connectivity index (χ1) is 9.15. The van der Waals surface area contributed by atoms with Crippen LogP contribution < -0.4 is 5.32 Å². The third-order valence-corrected chi connectivity index (χ3v) is 2.74. The van der Waals surface area contributed by atoms with Crippen LogP contribution in [0.1, 0.15) is 17.7 Å². The second-order valence-electron chi connectivity index (χ2n) is 4.30. The van der Waals surface area contributed by atoms with Gasteiger partial charge in [0.1, 0.15) is 11.6 Å². The van der Waals surface area contributed by atoms with Gasteiger partial charge in [-0.2, -0.15) is 0 Å². The van der Waals surface area contributed by atoms with Gasteiger partial charge in [0, 0.05) is 12.1 Å². The molecule has 98 valence electrons. The van der Waals surface area contributed by atoms with Crippen LogP contribution in [0.25, 0.3) is 0 Å². The van der Waals surface area contributed by atoms with Gasteiger partial charge in [-0.3, -0.25) is 4.79 Å². The van der Waals surface area contributed by atoms with Gasteiger partial charge in [0.25, 0.3) is 0 Å². The Morgan fingerprint density at radius 2 is 2.00 bits per heavy atom. The number of hydrogen-bond acceptors (Lipinski definition) is 2. The third kappa shape index (κ3) is 3.88. The van der Waals surface area contributed by atoms with Crippen molar-refractivity contribution in [2.24, 2.45) is 0 Å². The largest absolute Gasteiger partial charge is 0.311 e. The molecular formula is C15H15FN2O. The molecule has 2 aromatic rings. The highest BCUT2D eigenvalue weighted by atomic mass is 19.1. The molecule has 19 heavy (non-hydrogen) atoms. The maximum Gasteiger partial charge on any atom is 0.225 e. The summed E-state index contributed by atoms with van der Waals surface area (Å²) in [6.45, 7) is 1.86. The Morgan fingerprint density at radius 1 is 1.21 bits per heavy atom. The molecule has 4 heteroatoms. The van der Waals surface area contributed by atoms with E-state index in [-0.39, 0.29) is 18.1 Å². The van der Waals surface area contributed by atoms with Crippen LogP contribution in [0, 0.1) is 12.7 Å². The predicted molar refractivity (Wildman–Crippen MR) is 72.3 cm³/mol. The number of aryl methyl sites for hydroxylation is 2. The van der Waals surface area contributed by atoms with Gasteiger partial charge in [0.05, 0.1) is 0 Å². The van der Waals surface area contributed by atoms with Crippen molar-refractivity contribution in [2.45, 2.75) is 19.8 Å². The Kier molecular flexibility index (Phi) is 4.23. The first kappa shape index (κ1) is 13.2. The molecule has 0 unspecified atom stereocenters. The van der Waals surface area contributed by atoms with Crippen LogP contribution in [-0.2, 0) is 11.2 Å². The first-order valence-corrected chi connectivity index (χ1v) is 6.12. The van der Waals surface area contributed by atoms with Gasteiger partial charge in [0.2, 0.25) is 5.91 Å². The zero-order chi connectivity index (χ0) is 13.7. The molecular weight excluding hydrogens is 243 g/mol. The smallest absolute Gasteiger partial charge is 0.225 e. The van der Waals surface area contributed by atoms with E-state index in [2.05, 4.69) is 10.3 Å². The molecule has 0 aliphatic rings. The molecule has 0 spiro atoms. The van der Waals surface area contributed by atoms with Crippen LogP contribution >= 0.6 is 0 Å². The number of amides is 1. The van der Waals surface area contributed by atoms with Gasteiger partial charge >= 0.3 is 0 Å². The van der Waals surface area contributed by atoms with Crippen molar-refractivity contribution in [2.75, 3.05) is 5.32 Å². The van der Waals surface area contributed by atoms with Crippen LogP contribution in [-0.4, -0.2) is 10.9 Å². The van der Waals surface area contributed by atoms with E-state index in [1.807, 2.05) is 19.1 Å². The highest BCUT2D eigenvalue weighted by Crippen LogP contribution is 2.10. The Bertz CT molecular complexity index is 584. The number of nitrogens with zero attached hydrogens (tertiary/aromatic N) is 1. The summed E-state index contributed by atoms with van der Waals surface area (Å²) in [6.07, 6.45) is 0.612. The van der Waals surface area contributed by atoms with Gasteiger partial charge in [-0.25, -0.2) is 9.37 Å². The summed E-state index contributed by atoms with van der Waals surface area (Å²) < 4.78 is 13.4. The fourth-order valence-electron chi connectivity index (χ4n) is 1.77. The molecule has 0 bridgehead atoms. The van der Waals surface area contributed by atoms with Crippen LogP contribution in [0.2, 0.25) is 0 Å². The van der Waals surface area contributed by atoms with E-state index >= 15 is 0 Å². The number of pyridine rings is 1. The summed E-state index contributed by atoms with van der Waals surface area (Å²) in [6, 6.07) is 11.9. The topological polar surface area (TPSA) is 42.0 Å². The molecule has 0 atom stereocenters. The lowest BCUT2D eigenvalue weighted by molar-refractivity contribution is -0.116. The number of carbonyl (C=O) groups excluding carboxylic acids is 1. The second-order valence-corrected chi connectivity index (χ2v) is 4.30. The Hall–Kier alpha value is -2.23. The van der Waals surface area contributed by atoms with E-state index in [1.165, 1.54) is 6.07 Å². The summed E-state index contributed by atoms with van der Waals surface area (Å²) in [5.74, 6) is 0.0869. The third-order valence-electron chi connectivity index (χ3n) is 2.74. The zero-order valence-electron chi connectivity index (χ0n) is 10.7. The van der Waals surface area contributed by atoms with Crippen LogP contribution in [0.3, 0.4) is 0 Å². The number of aromatic nitrogens is 1. The highest BCUT2D eigenvalue weighted by Gasteiger charge is 2.06. The molecule has 0 saturated carbocycles. The second kappa shape index (κ2) is 6.09. The molecule has 0 aliphatic carbocycles. The lowest BCUT2D eigenvalue weighted by Gasteiger charge is -2.05. The minimum absolute atomic E-state index is 0.165. The lowest BCUT2D eigenvalue weighted by atomic mass is 10.1. The molecule has 3 nitrogen and oxygen atoms in total. The molecule has 1 aromatic carbocycles. The number of nitrogens with one attached hydrogen (secondary N) is 1. The summed E-state index contributed by atoms with van der Waals surface area (Å²) >= 11 is 0. The number of benzene rings is 1. The normalized spacial score (nSPS) is 10.2. The van der Waals surface area contributed by atoms with Crippen molar-refractivity contribution < 1.29 is 9.18 Å². The van der Waals surface area contributed by atoms with Gasteiger partial charge in [0.15, 0.2) is 0 Å².